The SMILES string of the molecule is CC(C)CCCCCCNS(=O)(=O)CCCCNC(C)C. The Morgan fingerprint density at radius 2 is 1.43 bits per heavy atom. The van der Waals surface area contributed by atoms with Crippen LogP contribution in [0, 0.1) is 5.92 Å². The third-order valence-electron chi connectivity index (χ3n) is 3.42. The standard InChI is InChI=1S/C16H36N2O2S/c1-15(2)11-7-5-6-8-13-18-21(19,20)14-10-9-12-17-16(3)4/h15-18H,5-14H2,1-4H3. The van der Waals surface area contributed by atoms with E-state index in [-0.39, 0.29) is 5.75 Å². The molecule has 0 heterocycles. The fourth-order valence-electron chi connectivity index (χ4n) is 2.14. The Morgan fingerprint density at radius 3 is 2.05 bits per heavy atom. The second kappa shape index (κ2) is 12.4. The molecule has 0 bridgehead atoms. The van der Waals surface area contributed by atoms with E-state index in [4.69, 9.17) is 0 Å². The fourth-order valence-corrected chi connectivity index (χ4v) is 3.32. The van der Waals surface area contributed by atoms with Crippen molar-refractivity contribution in [3.8, 4) is 0 Å². The van der Waals surface area contributed by atoms with Gasteiger partial charge in [0.1, 0.15) is 0 Å². The summed E-state index contributed by atoms with van der Waals surface area (Å²) in [6, 6.07) is 0.468. The molecule has 0 aliphatic rings. The summed E-state index contributed by atoms with van der Waals surface area (Å²) in [6.45, 7) is 10.2. The van der Waals surface area contributed by atoms with Crippen molar-refractivity contribution >= 4 is 10.0 Å². The first kappa shape index (κ1) is 20.9. The maximum absolute atomic E-state index is 11.8. The Morgan fingerprint density at radius 1 is 0.810 bits per heavy atom. The Bertz CT molecular complexity index is 327. The van der Waals surface area contributed by atoms with Crippen LogP contribution in [0.4, 0.5) is 0 Å². The molecular weight excluding hydrogens is 284 g/mol. The summed E-state index contributed by atoms with van der Waals surface area (Å²) < 4.78 is 26.3. The molecule has 0 fully saturated rings. The van der Waals surface area contributed by atoms with Crippen molar-refractivity contribution in [2.45, 2.75) is 78.7 Å². The van der Waals surface area contributed by atoms with E-state index >= 15 is 0 Å². The normalized spacial score (nSPS) is 12.5. The molecule has 0 saturated carbocycles. The van der Waals surface area contributed by atoms with Crippen molar-refractivity contribution in [1.82, 2.24) is 10.0 Å². The molecule has 0 aromatic carbocycles. The lowest BCUT2D eigenvalue weighted by Gasteiger charge is -2.09. The average Bonchev–Trinajstić information content (AvgIpc) is 2.36. The lowest BCUT2D eigenvalue weighted by molar-refractivity contribution is 0.517. The van der Waals surface area contributed by atoms with Crippen molar-refractivity contribution < 1.29 is 8.42 Å². The van der Waals surface area contributed by atoms with Crippen molar-refractivity contribution in [3.05, 3.63) is 0 Å². The molecule has 0 spiro atoms. The van der Waals surface area contributed by atoms with Crippen molar-refractivity contribution in [3.63, 3.8) is 0 Å². The largest absolute Gasteiger partial charge is 0.315 e. The smallest absolute Gasteiger partial charge is 0.211 e. The van der Waals surface area contributed by atoms with E-state index < -0.39 is 10.0 Å². The van der Waals surface area contributed by atoms with Crippen molar-refractivity contribution in [2.75, 3.05) is 18.8 Å². The molecule has 0 aromatic rings. The Kier molecular flexibility index (Phi) is 12.3. The van der Waals surface area contributed by atoms with Crippen LogP contribution in [-0.4, -0.2) is 33.3 Å². The minimum atomic E-state index is -3.07. The van der Waals surface area contributed by atoms with Crippen LogP contribution in [-0.2, 0) is 10.0 Å². The third kappa shape index (κ3) is 16.1. The minimum absolute atomic E-state index is 0.250. The van der Waals surface area contributed by atoms with Crippen LogP contribution in [0.2, 0.25) is 0 Å². The van der Waals surface area contributed by atoms with Gasteiger partial charge in [0.25, 0.3) is 0 Å². The van der Waals surface area contributed by atoms with Gasteiger partial charge in [-0.1, -0.05) is 53.4 Å². The first-order valence-corrected chi connectivity index (χ1v) is 10.2. The van der Waals surface area contributed by atoms with E-state index in [0.29, 0.717) is 12.6 Å². The van der Waals surface area contributed by atoms with E-state index in [1.807, 2.05) is 0 Å². The maximum atomic E-state index is 11.8. The van der Waals surface area contributed by atoms with E-state index in [9.17, 15) is 8.42 Å². The van der Waals surface area contributed by atoms with E-state index in [1.54, 1.807) is 0 Å². The highest BCUT2D eigenvalue weighted by molar-refractivity contribution is 7.89. The van der Waals surface area contributed by atoms with Gasteiger partial charge in [-0.05, 0) is 31.7 Å². The second-order valence-corrected chi connectivity index (χ2v) is 8.55. The molecule has 21 heavy (non-hydrogen) atoms. The Balaban J connectivity index is 3.47. The molecule has 0 rings (SSSR count). The highest BCUT2D eigenvalue weighted by Gasteiger charge is 2.08. The topological polar surface area (TPSA) is 58.2 Å². The van der Waals surface area contributed by atoms with Gasteiger partial charge >= 0.3 is 0 Å². The quantitative estimate of drug-likeness (QED) is 0.483. The van der Waals surface area contributed by atoms with Crippen LogP contribution in [0.5, 0.6) is 0 Å². The first-order valence-electron chi connectivity index (χ1n) is 8.54. The van der Waals surface area contributed by atoms with E-state index in [2.05, 4.69) is 37.7 Å². The molecule has 0 atom stereocenters. The monoisotopic (exact) mass is 320 g/mol. The van der Waals surface area contributed by atoms with Crippen LogP contribution in [0.25, 0.3) is 0 Å². The lowest BCUT2D eigenvalue weighted by Crippen LogP contribution is -2.28. The summed E-state index contributed by atoms with van der Waals surface area (Å²) in [7, 11) is -3.07. The van der Waals surface area contributed by atoms with Gasteiger partial charge in [0.2, 0.25) is 10.0 Å². The minimum Gasteiger partial charge on any atom is -0.315 e. The highest BCUT2D eigenvalue weighted by atomic mass is 32.2. The number of hydrogen-bond acceptors (Lipinski definition) is 3. The lowest BCUT2D eigenvalue weighted by atomic mass is 10.0. The summed E-state index contributed by atoms with van der Waals surface area (Å²) in [5, 5.41) is 3.30. The number of rotatable bonds is 14. The van der Waals surface area contributed by atoms with Gasteiger partial charge in [-0.3, -0.25) is 0 Å². The molecule has 0 unspecified atom stereocenters. The number of nitrogens with one attached hydrogen (secondary N) is 2. The molecule has 4 nitrogen and oxygen atoms in total. The summed E-state index contributed by atoms with van der Waals surface area (Å²) in [6.07, 6.45) is 7.45. The van der Waals surface area contributed by atoms with Gasteiger partial charge < -0.3 is 5.32 Å². The van der Waals surface area contributed by atoms with Gasteiger partial charge in [-0.2, -0.15) is 0 Å². The van der Waals surface area contributed by atoms with Crippen molar-refractivity contribution in [1.29, 1.82) is 0 Å². The maximum Gasteiger partial charge on any atom is 0.211 e. The summed E-state index contributed by atoms with van der Waals surface area (Å²) in [5.41, 5.74) is 0. The van der Waals surface area contributed by atoms with Gasteiger partial charge in [-0.25, -0.2) is 13.1 Å². The van der Waals surface area contributed by atoms with Crippen molar-refractivity contribution in [2.24, 2.45) is 5.92 Å². The average molecular weight is 321 g/mol. The highest BCUT2D eigenvalue weighted by Crippen LogP contribution is 2.09. The van der Waals surface area contributed by atoms with E-state index in [0.717, 1.165) is 38.1 Å². The van der Waals surface area contributed by atoms with Crippen LogP contribution < -0.4 is 10.0 Å². The van der Waals surface area contributed by atoms with E-state index in [1.165, 1.54) is 19.3 Å². The fraction of sp³-hybridized carbons (Fsp3) is 1.00. The van der Waals surface area contributed by atoms with Gasteiger partial charge in [-0.15, -0.1) is 0 Å². The van der Waals surface area contributed by atoms with Crippen LogP contribution >= 0.6 is 0 Å². The molecule has 0 amide bonds. The Hall–Kier alpha value is -0.130. The summed E-state index contributed by atoms with van der Waals surface area (Å²) in [5.74, 6) is 1.02. The number of unbranched alkanes of at least 4 members (excludes halogenated alkanes) is 4. The molecule has 0 aliphatic heterocycles. The Labute approximate surface area is 132 Å². The zero-order valence-corrected chi connectivity index (χ0v) is 15.3. The molecule has 128 valence electrons. The molecule has 0 saturated heterocycles. The molecule has 2 N–H and O–H groups in total. The van der Waals surface area contributed by atoms with Crippen LogP contribution in [0.1, 0.15) is 72.6 Å². The molecule has 0 aliphatic carbocycles. The predicted octanol–water partition coefficient (Wildman–Crippen LogP) is 3.29. The van der Waals surface area contributed by atoms with Gasteiger partial charge in [0.15, 0.2) is 0 Å². The van der Waals surface area contributed by atoms with Gasteiger partial charge in [0, 0.05) is 12.6 Å². The number of sulfonamides is 1. The first-order chi connectivity index (χ1) is 9.83. The third-order valence-corrected chi connectivity index (χ3v) is 4.89. The summed E-state index contributed by atoms with van der Waals surface area (Å²) >= 11 is 0. The summed E-state index contributed by atoms with van der Waals surface area (Å²) in [4.78, 5) is 0. The molecule has 0 aromatic heterocycles. The molecule has 0 radical (unpaired) electrons. The second-order valence-electron chi connectivity index (χ2n) is 6.63. The zero-order chi connectivity index (χ0) is 16.1. The van der Waals surface area contributed by atoms with Gasteiger partial charge in [0.05, 0.1) is 5.75 Å². The zero-order valence-electron chi connectivity index (χ0n) is 14.5. The predicted molar refractivity (Wildman–Crippen MR) is 92.1 cm³/mol. The molecule has 5 heteroatoms. The molecular formula is C16H36N2O2S. The number of hydrogen-bond donors (Lipinski definition) is 2. The van der Waals surface area contributed by atoms with Crippen LogP contribution in [0.3, 0.4) is 0 Å². The van der Waals surface area contributed by atoms with Crippen LogP contribution in [0.15, 0.2) is 0 Å².